The summed E-state index contributed by atoms with van der Waals surface area (Å²) >= 11 is 0. The van der Waals surface area contributed by atoms with Gasteiger partial charge in [0.2, 0.25) is 5.91 Å². The molecule has 0 bridgehead atoms. The van der Waals surface area contributed by atoms with Crippen LogP contribution in [0.2, 0.25) is 0 Å². The molecule has 132 valence electrons. The number of amides is 1. The van der Waals surface area contributed by atoms with Crippen LogP contribution in [0.5, 0.6) is 0 Å². The first kappa shape index (κ1) is 16.1. The van der Waals surface area contributed by atoms with E-state index in [4.69, 9.17) is 4.42 Å². The lowest BCUT2D eigenvalue weighted by Crippen LogP contribution is -2.36. The minimum Gasteiger partial charge on any atom is -0.463 e. The molecule has 1 aromatic carbocycles. The van der Waals surface area contributed by atoms with Gasteiger partial charge in [0.05, 0.1) is 17.8 Å². The molecule has 4 rings (SSSR count). The van der Waals surface area contributed by atoms with Gasteiger partial charge in [-0.25, -0.2) is 4.68 Å². The zero-order valence-electron chi connectivity index (χ0n) is 14.5. The van der Waals surface area contributed by atoms with E-state index >= 15 is 0 Å². The summed E-state index contributed by atoms with van der Waals surface area (Å²) in [5.74, 6) is 0.342. The number of aryl methyl sites for hydroxylation is 1. The third kappa shape index (κ3) is 2.67. The molecule has 0 spiro atoms. The average Bonchev–Trinajstić information content (AvgIpc) is 3.21. The molecule has 1 atom stereocenters. The first-order chi connectivity index (χ1) is 12.5. The lowest BCUT2D eigenvalue weighted by Gasteiger charge is -2.15. The summed E-state index contributed by atoms with van der Waals surface area (Å²) in [6, 6.07) is 13.0. The van der Waals surface area contributed by atoms with Crippen molar-refractivity contribution < 1.29 is 9.21 Å². The molecule has 0 saturated heterocycles. The molecule has 0 aliphatic rings. The summed E-state index contributed by atoms with van der Waals surface area (Å²) in [7, 11) is 0. The van der Waals surface area contributed by atoms with E-state index in [9.17, 15) is 9.59 Å². The molecule has 7 heteroatoms. The van der Waals surface area contributed by atoms with E-state index in [0.29, 0.717) is 16.9 Å². The Labute approximate surface area is 148 Å². The summed E-state index contributed by atoms with van der Waals surface area (Å²) in [4.78, 5) is 25.1. The molecule has 26 heavy (non-hydrogen) atoms. The van der Waals surface area contributed by atoms with E-state index in [1.54, 1.807) is 29.7 Å². The topological polar surface area (TPSA) is 81.5 Å². The molecule has 1 amide bonds. The predicted molar refractivity (Wildman–Crippen MR) is 97.0 cm³/mol. The van der Waals surface area contributed by atoms with Gasteiger partial charge < -0.3 is 9.73 Å². The SMILES string of the molecule is Cc1nn(CC(=O)NC(C)c2ccccc2)c(=O)c2cc3occc3n12. The highest BCUT2D eigenvalue weighted by molar-refractivity contribution is 5.82. The number of nitrogens with zero attached hydrogens (tertiary/aromatic N) is 3. The number of carbonyl (C=O) groups is 1. The molecule has 4 aromatic rings. The van der Waals surface area contributed by atoms with Crippen molar-refractivity contribution in [1.29, 1.82) is 0 Å². The summed E-state index contributed by atoms with van der Waals surface area (Å²) in [6.07, 6.45) is 1.57. The van der Waals surface area contributed by atoms with Crippen molar-refractivity contribution in [1.82, 2.24) is 19.5 Å². The Hall–Kier alpha value is -3.35. The fraction of sp³-hybridized carbons (Fsp3) is 0.211. The van der Waals surface area contributed by atoms with E-state index in [2.05, 4.69) is 10.4 Å². The van der Waals surface area contributed by atoms with Crippen LogP contribution < -0.4 is 10.9 Å². The second-order valence-corrected chi connectivity index (χ2v) is 6.24. The van der Waals surface area contributed by atoms with Crippen molar-refractivity contribution >= 4 is 22.5 Å². The van der Waals surface area contributed by atoms with Gasteiger partial charge in [0, 0.05) is 12.1 Å². The third-order valence-corrected chi connectivity index (χ3v) is 4.44. The van der Waals surface area contributed by atoms with E-state index in [1.165, 1.54) is 4.68 Å². The number of carbonyl (C=O) groups excluding carboxylic acids is 1. The molecule has 3 heterocycles. The summed E-state index contributed by atoms with van der Waals surface area (Å²) in [6.45, 7) is 3.55. The maximum absolute atomic E-state index is 12.7. The quantitative estimate of drug-likeness (QED) is 0.613. The van der Waals surface area contributed by atoms with Crippen LogP contribution in [0.4, 0.5) is 0 Å². The smallest absolute Gasteiger partial charge is 0.291 e. The van der Waals surface area contributed by atoms with Gasteiger partial charge >= 0.3 is 0 Å². The van der Waals surface area contributed by atoms with E-state index in [0.717, 1.165) is 11.1 Å². The van der Waals surface area contributed by atoms with Crippen LogP contribution in [0.1, 0.15) is 24.4 Å². The van der Waals surface area contributed by atoms with Gasteiger partial charge in [-0.1, -0.05) is 30.3 Å². The Bertz CT molecular complexity index is 1150. The van der Waals surface area contributed by atoms with Crippen LogP contribution in [-0.4, -0.2) is 20.1 Å². The maximum Gasteiger partial charge on any atom is 0.291 e. The molecule has 7 nitrogen and oxygen atoms in total. The van der Waals surface area contributed by atoms with Crippen molar-refractivity contribution in [3.8, 4) is 0 Å². The summed E-state index contributed by atoms with van der Waals surface area (Å²) < 4.78 is 8.29. The zero-order valence-corrected chi connectivity index (χ0v) is 14.5. The van der Waals surface area contributed by atoms with Crippen molar-refractivity contribution in [3.63, 3.8) is 0 Å². The highest BCUT2D eigenvalue weighted by Gasteiger charge is 2.16. The van der Waals surface area contributed by atoms with Crippen molar-refractivity contribution in [2.24, 2.45) is 0 Å². The van der Waals surface area contributed by atoms with Crippen molar-refractivity contribution in [2.45, 2.75) is 26.4 Å². The lowest BCUT2D eigenvalue weighted by atomic mass is 10.1. The fourth-order valence-corrected chi connectivity index (χ4v) is 3.18. The Balaban J connectivity index is 1.62. The van der Waals surface area contributed by atoms with Crippen LogP contribution in [0, 0.1) is 6.92 Å². The second-order valence-electron chi connectivity index (χ2n) is 6.24. The minimum atomic E-state index is -0.329. The van der Waals surface area contributed by atoms with Crippen molar-refractivity contribution in [3.05, 3.63) is 70.5 Å². The Morgan fingerprint density at radius 1 is 1.23 bits per heavy atom. The molecular weight excluding hydrogens is 332 g/mol. The van der Waals surface area contributed by atoms with Gasteiger partial charge in [-0.3, -0.25) is 14.0 Å². The van der Waals surface area contributed by atoms with Crippen molar-refractivity contribution in [2.75, 3.05) is 0 Å². The Morgan fingerprint density at radius 3 is 2.77 bits per heavy atom. The molecule has 0 radical (unpaired) electrons. The number of rotatable bonds is 4. The number of hydrogen-bond donors (Lipinski definition) is 1. The minimum absolute atomic E-state index is 0.139. The highest BCUT2D eigenvalue weighted by atomic mass is 16.3. The van der Waals surface area contributed by atoms with Gasteiger partial charge in [-0.15, -0.1) is 0 Å². The number of benzene rings is 1. The number of nitrogens with one attached hydrogen (secondary N) is 1. The average molecular weight is 350 g/mol. The molecule has 3 aromatic heterocycles. The van der Waals surface area contributed by atoms with Crippen LogP contribution in [0.3, 0.4) is 0 Å². The van der Waals surface area contributed by atoms with Crippen LogP contribution in [-0.2, 0) is 11.3 Å². The van der Waals surface area contributed by atoms with E-state index < -0.39 is 0 Å². The summed E-state index contributed by atoms with van der Waals surface area (Å²) in [5.41, 5.74) is 2.52. The van der Waals surface area contributed by atoms with Gasteiger partial charge in [0.15, 0.2) is 5.58 Å². The third-order valence-electron chi connectivity index (χ3n) is 4.44. The molecule has 1 unspecified atom stereocenters. The normalized spacial score (nSPS) is 12.5. The van der Waals surface area contributed by atoms with Crippen LogP contribution in [0.25, 0.3) is 16.6 Å². The van der Waals surface area contributed by atoms with Gasteiger partial charge in [0.1, 0.15) is 17.9 Å². The standard InChI is InChI=1S/C19H18N4O3/c1-12(14-6-4-3-5-7-14)20-18(24)11-22-19(25)16-10-17-15(8-9-26-17)23(16)13(2)21-22/h3-10,12H,11H2,1-2H3,(H,20,24). The number of aromatic nitrogens is 3. The fourth-order valence-electron chi connectivity index (χ4n) is 3.18. The number of fused-ring (bicyclic) bond motifs is 3. The molecule has 1 N–H and O–H groups in total. The van der Waals surface area contributed by atoms with Gasteiger partial charge in [-0.2, -0.15) is 5.10 Å². The van der Waals surface area contributed by atoms with Gasteiger partial charge in [0.25, 0.3) is 5.56 Å². The molecule has 0 saturated carbocycles. The lowest BCUT2D eigenvalue weighted by molar-refractivity contribution is -0.122. The highest BCUT2D eigenvalue weighted by Crippen LogP contribution is 2.20. The molecular formula is C19H18N4O3. The Kier molecular flexibility index (Phi) is 3.84. The number of hydrogen-bond acceptors (Lipinski definition) is 4. The molecule has 0 aliphatic heterocycles. The molecule has 0 aliphatic carbocycles. The maximum atomic E-state index is 12.7. The zero-order chi connectivity index (χ0) is 18.3. The first-order valence-corrected chi connectivity index (χ1v) is 8.35. The van der Waals surface area contributed by atoms with Crippen LogP contribution >= 0.6 is 0 Å². The van der Waals surface area contributed by atoms with Gasteiger partial charge in [-0.05, 0) is 19.4 Å². The second kappa shape index (κ2) is 6.18. The number of furan rings is 1. The summed E-state index contributed by atoms with van der Waals surface area (Å²) in [5, 5.41) is 7.18. The largest absolute Gasteiger partial charge is 0.463 e. The molecule has 0 fully saturated rings. The monoisotopic (exact) mass is 350 g/mol. The van der Waals surface area contributed by atoms with E-state index in [-0.39, 0.29) is 24.1 Å². The predicted octanol–water partition coefficient (Wildman–Crippen LogP) is 2.43. The van der Waals surface area contributed by atoms with E-state index in [1.807, 2.05) is 37.3 Å². The van der Waals surface area contributed by atoms with Crippen LogP contribution in [0.15, 0.2) is 57.9 Å². The first-order valence-electron chi connectivity index (χ1n) is 8.35. The Morgan fingerprint density at radius 2 is 2.00 bits per heavy atom.